The molecule has 0 aliphatic rings. The molecule has 0 fully saturated rings. The third-order valence-electron chi connectivity index (χ3n) is 3.17. The summed E-state index contributed by atoms with van der Waals surface area (Å²) in [4.78, 5) is 3.78. The molecule has 0 spiro atoms. The van der Waals surface area contributed by atoms with Gasteiger partial charge in [-0.15, -0.1) is 11.3 Å². The van der Waals surface area contributed by atoms with E-state index in [-0.39, 0.29) is 11.5 Å². The number of hydrogen-bond donors (Lipinski definition) is 1. The van der Waals surface area contributed by atoms with E-state index in [1.807, 2.05) is 6.92 Å². The van der Waals surface area contributed by atoms with Gasteiger partial charge in [0.2, 0.25) is 0 Å². The highest BCUT2D eigenvalue weighted by Gasteiger charge is 2.26. The summed E-state index contributed by atoms with van der Waals surface area (Å²) >= 11 is 1.80. The number of aliphatic hydroxyl groups excluding tert-OH is 1. The SMILES string of the molecule is CCN(Cc1cccs1)CC(C)(C)C(C)O. The second kappa shape index (κ2) is 5.80. The van der Waals surface area contributed by atoms with Crippen LogP contribution < -0.4 is 0 Å². The molecule has 0 bridgehead atoms. The maximum atomic E-state index is 9.73. The molecular formula is C13H23NOS. The first kappa shape index (κ1) is 13.7. The maximum Gasteiger partial charge on any atom is 0.0575 e. The number of hydrogen-bond acceptors (Lipinski definition) is 3. The van der Waals surface area contributed by atoms with E-state index < -0.39 is 0 Å². The number of rotatable bonds is 6. The molecule has 1 heterocycles. The molecule has 1 atom stereocenters. The van der Waals surface area contributed by atoms with E-state index >= 15 is 0 Å². The Bertz CT molecular complexity index is 293. The first-order chi connectivity index (χ1) is 7.45. The van der Waals surface area contributed by atoms with Crippen molar-refractivity contribution in [3.8, 4) is 0 Å². The van der Waals surface area contributed by atoms with E-state index in [1.165, 1.54) is 4.88 Å². The summed E-state index contributed by atoms with van der Waals surface area (Å²) in [7, 11) is 0. The van der Waals surface area contributed by atoms with Gasteiger partial charge in [-0.2, -0.15) is 0 Å². The van der Waals surface area contributed by atoms with Crippen molar-refractivity contribution in [2.24, 2.45) is 5.41 Å². The van der Waals surface area contributed by atoms with Gasteiger partial charge >= 0.3 is 0 Å². The van der Waals surface area contributed by atoms with Gasteiger partial charge in [0.05, 0.1) is 6.10 Å². The normalized spacial score (nSPS) is 14.4. The van der Waals surface area contributed by atoms with Crippen LogP contribution in [-0.2, 0) is 6.54 Å². The van der Waals surface area contributed by atoms with Gasteiger partial charge in [0.25, 0.3) is 0 Å². The highest BCUT2D eigenvalue weighted by Crippen LogP contribution is 2.23. The maximum absolute atomic E-state index is 9.73. The lowest BCUT2D eigenvalue weighted by Crippen LogP contribution is -2.39. The smallest absolute Gasteiger partial charge is 0.0575 e. The zero-order valence-corrected chi connectivity index (χ0v) is 11.5. The minimum atomic E-state index is -0.273. The van der Waals surface area contributed by atoms with E-state index in [9.17, 15) is 5.11 Å². The molecule has 3 heteroatoms. The van der Waals surface area contributed by atoms with Gasteiger partial charge in [0, 0.05) is 23.4 Å². The van der Waals surface area contributed by atoms with Crippen LogP contribution in [0.2, 0.25) is 0 Å². The fraction of sp³-hybridized carbons (Fsp3) is 0.692. The number of aliphatic hydroxyl groups is 1. The van der Waals surface area contributed by atoms with Crippen LogP contribution in [0.25, 0.3) is 0 Å². The second-order valence-corrected chi connectivity index (χ2v) is 6.08. The standard InChI is InChI=1S/C13H23NOS/c1-5-14(9-12-7-6-8-16-12)10-13(3,4)11(2)15/h6-8,11,15H,5,9-10H2,1-4H3. The summed E-state index contributed by atoms with van der Waals surface area (Å²) in [5.74, 6) is 0. The van der Waals surface area contributed by atoms with Crippen LogP contribution in [0.5, 0.6) is 0 Å². The van der Waals surface area contributed by atoms with Crippen LogP contribution in [0.3, 0.4) is 0 Å². The summed E-state index contributed by atoms with van der Waals surface area (Å²) in [6, 6.07) is 4.26. The van der Waals surface area contributed by atoms with E-state index in [1.54, 1.807) is 11.3 Å². The van der Waals surface area contributed by atoms with Gasteiger partial charge in [-0.3, -0.25) is 4.90 Å². The Morgan fingerprint density at radius 3 is 2.62 bits per heavy atom. The van der Waals surface area contributed by atoms with Gasteiger partial charge in [-0.05, 0) is 24.9 Å². The summed E-state index contributed by atoms with van der Waals surface area (Å²) in [5.41, 5.74) is -0.0483. The molecule has 0 saturated heterocycles. The van der Waals surface area contributed by atoms with E-state index in [0.29, 0.717) is 0 Å². The van der Waals surface area contributed by atoms with Crippen molar-refractivity contribution < 1.29 is 5.11 Å². The molecule has 0 radical (unpaired) electrons. The third kappa shape index (κ3) is 3.89. The molecule has 2 nitrogen and oxygen atoms in total. The summed E-state index contributed by atoms with van der Waals surface area (Å²) in [5, 5.41) is 11.8. The second-order valence-electron chi connectivity index (χ2n) is 5.05. The van der Waals surface area contributed by atoms with Gasteiger partial charge in [-0.25, -0.2) is 0 Å². The Kier molecular flexibility index (Phi) is 4.96. The van der Waals surface area contributed by atoms with Crippen molar-refractivity contribution in [1.82, 2.24) is 4.90 Å². The van der Waals surface area contributed by atoms with Crippen molar-refractivity contribution in [2.45, 2.75) is 40.3 Å². The van der Waals surface area contributed by atoms with Crippen molar-refractivity contribution in [1.29, 1.82) is 0 Å². The lowest BCUT2D eigenvalue weighted by Gasteiger charge is -2.34. The Balaban J connectivity index is 2.55. The number of nitrogens with zero attached hydrogens (tertiary/aromatic N) is 1. The largest absolute Gasteiger partial charge is 0.393 e. The van der Waals surface area contributed by atoms with Crippen molar-refractivity contribution in [3.63, 3.8) is 0 Å². The first-order valence-electron chi connectivity index (χ1n) is 5.88. The van der Waals surface area contributed by atoms with Crippen molar-refractivity contribution in [3.05, 3.63) is 22.4 Å². The highest BCUT2D eigenvalue weighted by atomic mass is 32.1. The highest BCUT2D eigenvalue weighted by molar-refractivity contribution is 7.09. The average molecular weight is 241 g/mol. The van der Waals surface area contributed by atoms with Crippen LogP contribution in [0.15, 0.2) is 17.5 Å². The lowest BCUT2D eigenvalue weighted by atomic mass is 9.87. The van der Waals surface area contributed by atoms with Crippen molar-refractivity contribution >= 4 is 11.3 Å². The Morgan fingerprint density at radius 2 is 2.19 bits per heavy atom. The molecule has 1 aromatic heterocycles. The third-order valence-corrected chi connectivity index (χ3v) is 4.03. The fourth-order valence-electron chi connectivity index (χ4n) is 1.61. The van der Waals surface area contributed by atoms with E-state index in [2.05, 4.69) is 43.2 Å². The molecule has 1 rings (SSSR count). The Hall–Kier alpha value is -0.380. The monoisotopic (exact) mass is 241 g/mol. The van der Waals surface area contributed by atoms with Crippen LogP contribution in [0.1, 0.15) is 32.6 Å². The predicted molar refractivity (Wildman–Crippen MR) is 70.7 cm³/mol. The van der Waals surface area contributed by atoms with Crippen molar-refractivity contribution in [2.75, 3.05) is 13.1 Å². The summed E-state index contributed by atoms with van der Waals surface area (Å²) in [6.45, 7) is 11.2. The molecule has 0 saturated carbocycles. The Labute approximate surface area is 103 Å². The summed E-state index contributed by atoms with van der Waals surface area (Å²) in [6.07, 6.45) is -0.273. The topological polar surface area (TPSA) is 23.5 Å². The van der Waals surface area contributed by atoms with Gasteiger partial charge in [0.15, 0.2) is 0 Å². The minimum Gasteiger partial charge on any atom is -0.393 e. The van der Waals surface area contributed by atoms with Crippen LogP contribution in [-0.4, -0.2) is 29.2 Å². The van der Waals surface area contributed by atoms with Crippen LogP contribution in [0.4, 0.5) is 0 Å². The molecule has 0 aromatic carbocycles. The molecule has 1 aromatic rings. The molecular weight excluding hydrogens is 218 g/mol. The van der Waals surface area contributed by atoms with E-state index in [4.69, 9.17) is 0 Å². The van der Waals surface area contributed by atoms with Gasteiger partial charge < -0.3 is 5.11 Å². The zero-order valence-electron chi connectivity index (χ0n) is 10.7. The first-order valence-corrected chi connectivity index (χ1v) is 6.76. The molecule has 1 N–H and O–H groups in total. The van der Waals surface area contributed by atoms with Crippen LogP contribution >= 0.6 is 11.3 Å². The van der Waals surface area contributed by atoms with Gasteiger partial charge in [-0.1, -0.05) is 26.8 Å². The Morgan fingerprint density at radius 1 is 1.50 bits per heavy atom. The van der Waals surface area contributed by atoms with E-state index in [0.717, 1.165) is 19.6 Å². The fourth-order valence-corrected chi connectivity index (χ4v) is 2.36. The molecule has 1 unspecified atom stereocenters. The molecule has 16 heavy (non-hydrogen) atoms. The average Bonchev–Trinajstić information content (AvgIpc) is 2.68. The molecule has 0 aliphatic carbocycles. The summed E-state index contributed by atoms with van der Waals surface area (Å²) < 4.78 is 0. The van der Waals surface area contributed by atoms with Gasteiger partial charge in [0.1, 0.15) is 0 Å². The number of thiophene rings is 1. The van der Waals surface area contributed by atoms with Crippen LogP contribution in [0, 0.1) is 5.41 Å². The minimum absolute atomic E-state index is 0.0483. The molecule has 0 amide bonds. The molecule has 92 valence electrons. The lowest BCUT2D eigenvalue weighted by molar-refractivity contribution is 0.0339. The quantitative estimate of drug-likeness (QED) is 0.827. The predicted octanol–water partition coefficient (Wildman–Crippen LogP) is 2.98. The molecule has 0 aliphatic heterocycles. The zero-order chi connectivity index (χ0) is 12.2.